The van der Waals surface area contributed by atoms with E-state index in [0.717, 1.165) is 12.1 Å². The van der Waals surface area contributed by atoms with E-state index in [0.29, 0.717) is 25.4 Å². The number of benzene rings is 1. The molecule has 108 valence electrons. The van der Waals surface area contributed by atoms with Gasteiger partial charge in [-0.05, 0) is 37.1 Å². The molecule has 1 amide bonds. The van der Waals surface area contributed by atoms with Crippen molar-refractivity contribution in [3.63, 3.8) is 0 Å². The molecule has 1 unspecified atom stereocenters. The van der Waals surface area contributed by atoms with Crippen LogP contribution in [0.15, 0.2) is 24.3 Å². The fourth-order valence-corrected chi connectivity index (χ4v) is 1.90. The van der Waals surface area contributed by atoms with Crippen molar-refractivity contribution in [3.8, 4) is 6.07 Å². The maximum absolute atomic E-state index is 11.8. The van der Waals surface area contributed by atoms with E-state index in [4.69, 9.17) is 5.26 Å². The molecule has 1 rings (SSSR count). The number of nitriles is 1. The van der Waals surface area contributed by atoms with Gasteiger partial charge in [0.2, 0.25) is 5.91 Å². The van der Waals surface area contributed by atoms with E-state index in [9.17, 15) is 4.79 Å². The Morgan fingerprint density at radius 1 is 1.40 bits per heavy atom. The third-order valence-corrected chi connectivity index (χ3v) is 3.39. The van der Waals surface area contributed by atoms with Gasteiger partial charge < -0.3 is 5.32 Å². The molecule has 4 heteroatoms. The summed E-state index contributed by atoms with van der Waals surface area (Å²) in [6, 6.07) is 10.1. The number of rotatable bonds is 7. The largest absolute Gasteiger partial charge is 0.325 e. The van der Waals surface area contributed by atoms with Gasteiger partial charge in [0, 0.05) is 18.7 Å². The van der Waals surface area contributed by atoms with Gasteiger partial charge in [0.15, 0.2) is 0 Å². The Kier molecular flexibility index (Phi) is 6.75. The monoisotopic (exact) mass is 273 g/mol. The van der Waals surface area contributed by atoms with Crippen molar-refractivity contribution in [3.05, 3.63) is 29.8 Å². The SMILES string of the molecule is CCC(C)c1ccc(NC(=O)CN(C)CCC#N)cc1. The summed E-state index contributed by atoms with van der Waals surface area (Å²) in [5.41, 5.74) is 2.10. The molecule has 0 aliphatic heterocycles. The lowest BCUT2D eigenvalue weighted by Crippen LogP contribution is -2.30. The van der Waals surface area contributed by atoms with Crippen molar-refractivity contribution < 1.29 is 4.79 Å². The molecule has 0 radical (unpaired) electrons. The number of anilines is 1. The Labute approximate surface area is 121 Å². The summed E-state index contributed by atoms with van der Waals surface area (Å²) >= 11 is 0. The highest BCUT2D eigenvalue weighted by molar-refractivity contribution is 5.92. The average molecular weight is 273 g/mol. The number of nitrogens with zero attached hydrogens (tertiary/aromatic N) is 2. The van der Waals surface area contributed by atoms with E-state index in [1.54, 1.807) is 0 Å². The number of nitrogens with one attached hydrogen (secondary N) is 1. The third-order valence-electron chi connectivity index (χ3n) is 3.39. The van der Waals surface area contributed by atoms with Crippen LogP contribution in [-0.4, -0.2) is 30.9 Å². The molecule has 4 nitrogen and oxygen atoms in total. The summed E-state index contributed by atoms with van der Waals surface area (Å²) in [5.74, 6) is 0.485. The predicted molar refractivity (Wildman–Crippen MR) is 81.5 cm³/mol. The zero-order valence-electron chi connectivity index (χ0n) is 12.5. The lowest BCUT2D eigenvalue weighted by atomic mass is 9.99. The number of carbonyl (C=O) groups is 1. The highest BCUT2D eigenvalue weighted by Crippen LogP contribution is 2.20. The lowest BCUT2D eigenvalue weighted by molar-refractivity contribution is -0.117. The Bertz CT molecular complexity index is 462. The quantitative estimate of drug-likeness (QED) is 0.831. The van der Waals surface area contributed by atoms with Gasteiger partial charge >= 0.3 is 0 Å². The van der Waals surface area contributed by atoms with Gasteiger partial charge in [-0.2, -0.15) is 5.26 Å². The minimum atomic E-state index is -0.0540. The molecule has 1 aromatic carbocycles. The van der Waals surface area contributed by atoms with Gasteiger partial charge in [-0.3, -0.25) is 9.69 Å². The Balaban J connectivity index is 2.48. The number of hydrogen-bond donors (Lipinski definition) is 1. The highest BCUT2D eigenvalue weighted by atomic mass is 16.2. The summed E-state index contributed by atoms with van der Waals surface area (Å²) in [6.45, 7) is 5.26. The van der Waals surface area contributed by atoms with Crippen LogP contribution in [0.3, 0.4) is 0 Å². The van der Waals surface area contributed by atoms with Gasteiger partial charge in [-0.1, -0.05) is 26.0 Å². The molecule has 0 saturated heterocycles. The molecule has 0 aromatic heterocycles. The van der Waals surface area contributed by atoms with Crippen molar-refractivity contribution >= 4 is 11.6 Å². The minimum Gasteiger partial charge on any atom is -0.325 e. The van der Waals surface area contributed by atoms with Crippen molar-refractivity contribution in [1.29, 1.82) is 5.26 Å². The second-order valence-corrected chi connectivity index (χ2v) is 5.13. The van der Waals surface area contributed by atoms with Crippen molar-refractivity contribution in [2.45, 2.75) is 32.6 Å². The zero-order valence-corrected chi connectivity index (χ0v) is 12.5. The van der Waals surface area contributed by atoms with E-state index in [-0.39, 0.29) is 5.91 Å². The number of hydrogen-bond acceptors (Lipinski definition) is 3. The molecular formula is C16H23N3O. The van der Waals surface area contributed by atoms with Gasteiger partial charge in [0.25, 0.3) is 0 Å². The van der Waals surface area contributed by atoms with Crippen molar-refractivity contribution in [2.24, 2.45) is 0 Å². The molecule has 0 aliphatic carbocycles. The van der Waals surface area contributed by atoms with Crippen LogP contribution in [0.2, 0.25) is 0 Å². The van der Waals surface area contributed by atoms with Crippen LogP contribution < -0.4 is 5.32 Å². The fourth-order valence-electron chi connectivity index (χ4n) is 1.90. The molecule has 20 heavy (non-hydrogen) atoms. The molecule has 1 N–H and O–H groups in total. The second-order valence-electron chi connectivity index (χ2n) is 5.13. The van der Waals surface area contributed by atoms with E-state index in [2.05, 4.69) is 37.4 Å². The Morgan fingerprint density at radius 3 is 2.60 bits per heavy atom. The Morgan fingerprint density at radius 2 is 2.05 bits per heavy atom. The molecule has 0 spiro atoms. The van der Waals surface area contributed by atoms with Crippen LogP contribution in [-0.2, 0) is 4.79 Å². The first-order valence-electron chi connectivity index (χ1n) is 7.02. The number of likely N-dealkylation sites (N-methyl/N-ethyl adjacent to an activating group) is 1. The van der Waals surface area contributed by atoms with E-state index in [1.807, 2.05) is 24.1 Å². The van der Waals surface area contributed by atoms with Gasteiger partial charge in [0.05, 0.1) is 12.6 Å². The molecule has 1 aromatic rings. The summed E-state index contributed by atoms with van der Waals surface area (Å²) in [5, 5.41) is 11.4. The molecule has 0 heterocycles. The standard InChI is InChI=1S/C16H23N3O/c1-4-13(2)14-6-8-15(9-7-14)18-16(20)12-19(3)11-5-10-17/h6-9,13H,4-5,11-12H2,1-3H3,(H,18,20). The van der Waals surface area contributed by atoms with E-state index < -0.39 is 0 Å². The second kappa shape index (κ2) is 8.34. The van der Waals surface area contributed by atoms with E-state index >= 15 is 0 Å². The highest BCUT2D eigenvalue weighted by Gasteiger charge is 2.07. The molecule has 1 atom stereocenters. The van der Waals surface area contributed by atoms with Crippen molar-refractivity contribution in [2.75, 3.05) is 25.5 Å². The molecule has 0 fully saturated rings. The van der Waals surface area contributed by atoms with Crippen molar-refractivity contribution in [1.82, 2.24) is 4.90 Å². The number of carbonyl (C=O) groups excluding carboxylic acids is 1. The summed E-state index contributed by atoms with van der Waals surface area (Å²) < 4.78 is 0. The van der Waals surface area contributed by atoms with Crippen LogP contribution in [0.1, 0.15) is 38.2 Å². The van der Waals surface area contributed by atoms with Crippen LogP contribution >= 0.6 is 0 Å². The molecular weight excluding hydrogens is 250 g/mol. The number of amides is 1. The fraction of sp³-hybridized carbons (Fsp3) is 0.500. The predicted octanol–water partition coefficient (Wildman–Crippen LogP) is 2.98. The van der Waals surface area contributed by atoms with Gasteiger partial charge in [-0.25, -0.2) is 0 Å². The first kappa shape index (κ1) is 16.2. The smallest absolute Gasteiger partial charge is 0.238 e. The van der Waals surface area contributed by atoms with E-state index in [1.165, 1.54) is 5.56 Å². The van der Waals surface area contributed by atoms with Crippen LogP contribution in [0, 0.1) is 11.3 Å². The first-order valence-corrected chi connectivity index (χ1v) is 7.02. The van der Waals surface area contributed by atoms with Crippen LogP contribution in [0.25, 0.3) is 0 Å². The first-order chi connectivity index (χ1) is 9.56. The normalized spacial score (nSPS) is 11.9. The maximum Gasteiger partial charge on any atom is 0.238 e. The van der Waals surface area contributed by atoms with Crippen LogP contribution in [0.5, 0.6) is 0 Å². The topological polar surface area (TPSA) is 56.1 Å². The Hall–Kier alpha value is -1.86. The zero-order chi connectivity index (χ0) is 15.0. The van der Waals surface area contributed by atoms with Crippen LogP contribution in [0.4, 0.5) is 5.69 Å². The lowest BCUT2D eigenvalue weighted by Gasteiger charge is -2.15. The van der Waals surface area contributed by atoms with Gasteiger partial charge in [-0.15, -0.1) is 0 Å². The third kappa shape index (κ3) is 5.41. The molecule has 0 aliphatic rings. The minimum absolute atomic E-state index is 0.0540. The summed E-state index contributed by atoms with van der Waals surface area (Å²) in [4.78, 5) is 13.7. The molecule has 0 saturated carbocycles. The molecule has 0 bridgehead atoms. The maximum atomic E-state index is 11.8. The summed E-state index contributed by atoms with van der Waals surface area (Å²) in [7, 11) is 1.84. The van der Waals surface area contributed by atoms with Gasteiger partial charge in [0.1, 0.15) is 0 Å². The summed E-state index contributed by atoms with van der Waals surface area (Å²) in [6.07, 6.45) is 1.54. The average Bonchev–Trinajstić information content (AvgIpc) is 2.45.